The molecule has 0 radical (unpaired) electrons. The van der Waals surface area contributed by atoms with Gasteiger partial charge >= 0.3 is 6.09 Å². The average molecular weight is 346 g/mol. The average Bonchev–Trinajstić information content (AvgIpc) is 2.57. The Balaban J connectivity index is 1.64. The summed E-state index contributed by atoms with van der Waals surface area (Å²) in [6.07, 6.45) is 0.848. The summed E-state index contributed by atoms with van der Waals surface area (Å²) in [5.74, 6) is -0.140. The van der Waals surface area contributed by atoms with Crippen LogP contribution in [0.5, 0.6) is 0 Å². The van der Waals surface area contributed by atoms with Crippen LogP contribution in [-0.4, -0.2) is 24.8 Å². The van der Waals surface area contributed by atoms with Gasteiger partial charge in [0.15, 0.2) is 0 Å². The Morgan fingerprint density at radius 2 is 1.79 bits per heavy atom. The Morgan fingerprint density at radius 3 is 2.50 bits per heavy atom. The molecule has 0 aromatic heterocycles. The number of hydrogen-bond donors (Lipinski definition) is 2. The van der Waals surface area contributed by atoms with E-state index in [0.717, 1.165) is 5.56 Å². The molecule has 2 aromatic carbocycles. The van der Waals surface area contributed by atoms with Crippen molar-refractivity contribution in [2.45, 2.75) is 6.42 Å². The summed E-state index contributed by atoms with van der Waals surface area (Å²) in [6.45, 7) is 0.167. The van der Waals surface area contributed by atoms with Gasteiger partial charge in [-0.15, -0.1) is 0 Å². The summed E-state index contributed by atoms with van der Waals surface area (Å²) in [5, 5.41) is 9.18. The molecule has 0 saturated carbocycles. The van der Waals surface area contributed by atoms with Crippen molar-refractivity contribution in [3.8, 4) is 0 Å². The standard InChI is InChI=1S/C17H16ClN3O3/c18-14-6-8-15(9-7-14)21-17(23)24-20-11-10-19-16(22)12-13-4-2-1-3-5-13/h1-9,11H,10,12H2,(H,19,22)(H,21,23)/b20-11-. The third-order valence-electron chi connectivity index (χ3n) is 2.90. The molecule has 2 N–H and O–H groups in total. The zero-order valence-electron chi connectivity index (χ0n) is 12.7. The third-order valence-corrected chi connectivity index (χ3v) is 3.15. The fourth-order valence-corrected chi connectivity index (χ4v) is 1.93. The number of benzene rings is 2. The van der Waals surface area contributed by atoms with Gasteiger partial charge in [0, 0.05) is 10.7 Å². The molecule has 0 aliphatic carbocycles. The molecule has 6 nitrogen and oxygen atoms in total. The summed E-state index contributed by atoms with van der Waals surface area (Å²) < 4.78 is 0. The largest absolute Gasteiger partial charge is 0.437 e. The van der Waals surface area contributed by atoms with Crippen molar-refractivity contribution >= 4 is 35.5 Å². The normalized spacial score (nSPS) is 10.4. The summed E-state index contributed by atoms with van der Waals surface area (Å²) in [7, 11) is 0. The van der Waals surface area contributed by atoms with Crippen LogP contribution in [0.2, 0.25) is 5.02 Å². The lowest BCUT2D eigenvalue weighted by molar-refractivity contribution is -0.120. The van der Waals surface area contributed by atoms with Crippen LogP contribution in [0.25, 0.3) is 0 Å². The first-order valence-electron chi connectivity index (χ1n) is 7.19. The van der Waals surface area contributed by atoms with Crippen LogP contribution in [-0.2, 0) is 16.1 Å². The monoisotopic (exact) mass is 345 g/mol. The van der Waals surface area contributed by atoms with E-state index < -0.39 is 6.09 Å². The van der Waals surface area contributed by atoms with Crippen LogP contribution in [0.15, 0.2) is 59.8 Å². The lowest BCUT2D eigenvalue weighted by atomic mass is 10.1. The smallest absolute Gasteiger partial charge is 0.351 e. The highest BCUT2D eigenvalue weighted by molar-refractivity contribution is 6.30. The van der Waals surface area contributed by atoms with E-state index in [1.54, 1.807) is 24.3 Å². The van der Waals surface area contributed by atoms with Gasteiger partial charge in [0.2, 0.25) is 5.91 Å². The number of nitrogens with zero attached hydrogens (tertiary/aromatic N) is 1. The molecule has 2 amide bonds. The van der Waals surface area contributed by atoms with Crippen LogP contribution >= 0.6 is 11.6 Å². The van der Waals surface area contributed by atoms with E-state index in [1.807, 2.05) is 30.3 Å². The molecule has 0 aliphatic heterocycles. The second kappa shape index (κ2) is 9.32. The molecular weight excluding hydrogens is 330 g/mol. The molecule has 0 bridgehead atoms. The highest BCUT2D eigenvalue weighted by atomic mass is 35.5. The van der Waals surface area contributed by atoms with E-state index in [2.05, 4.69) is 20.6 Å². The Kier molecular flexibility index (Phi) is 6.79. The van der Waals surface area contributed by atoms with Crippen LogP contribution in [0.1, 0.15) is 5.56 Å². The van der Waals surface area contributed by atoms with E-state index in [1.165, 1.54) is 6.21 Å². The van der Waals surface area contributed by atoms with Gasteiger partial charge in [-0.25, -0.2) is 4.79 Å². The molecular formula is C17H16ClN3O3. The number of oxime groups is 1. The third kappa shape index (κ3) is 6.50. The van der Waals surface area contributed by atoms with E-state index in [-0.39, 0.29) is 18.9 Å². The topological polar surface area (TPSA) is 79.8 Å². The van der Waals surface area contributed by atoms with Crippen molar-refractivity contribution in [2.24, 2.45) is 5.16 Å². The number of nitrogens with one attached hydrogen (secondary N) is 2. The second-order valence-electron chi connectivity index (χ2n) is 4.77. The molecule has 24 heavy (non-hydrogen) atoms. The van der Waals surface area contributed by atoms with Crippen molar-refractivity contribution in [3.63, 3.8) is 0 Å². The van der Waals surface area contributed by atoms with Crippen molar-refractivity contribution in [1.82, 2.24) is 5.32 Å². The number of anilines is 1. The molecule has 2 aromatic rings. The minimum absolute atomic E-state index is 0.140. The van der Waals surface area contributed by atoms with Crippen LogP contribution in [0.3, 0.4) is 0 Å². The first kappa shape index (κ1) is 17.5. The van der Waals surface area contributed by atoms with Crippen LogP contribution in [0.4, 0.5) is 10.5 Å². The van der Waals surface area contributed by atoms with E-state index >= 15 is 0 Å². The number of hydrogen-bond acceptors (Lipinski definition) is 4. The number of amides is 2. The van der Waals surface area contributed by atoms with Gasteiger partial charge in [-0.3, -0.25) is 14.9 Å². The number of rotatable bonds is 6. The van der Waals surface area contributed by atoms with Gasteiger partial charge in [-0.1, -0.05) is 47.1 Å². The van der Waals surface area contributed by atoms with Gasteiger partial charge in [0.05, 0.1) is 19.2 Å². The second-order valence-corrected chi connectivity index (χ2v) is 5.20. The molecule has 0 unspecified atom stereocenters. The summed E-state index contributed by atoms with van der Waals surface area (Å²) in [4.78, 5) is 27.8. The number of carbonyl (C=O) groups excluding carboxylic acids is 2. The summed E-state index contributed by atoms with van der Waals surface area (Å²) in [6, 6.07) is 15.9. The molecule has 0 heterocycles. The van der Waals surface area contributed by atoms with Gasteiger partial charge in [-0.05, 0) is 29.8 Å². The predicted octanol–water partition coefficient (Wildman–Crippen LogP) is 3.23. The Labute approximate surface area is 144 Å². The predicted molar refractivity (Wildman–Crippen MR) is 93.2 cm³/mol. The lowest BCUT2D eigenvalue weighted by Crippen LogP contribution is -2.26. The van der Waals surface area contributed by atoms with E-state index in [0.29, 0.717) is 10.7 Å². The van der Waals surface area contributed by atoms with Gasteiger partial charge in [0.1, 0.15) is 0 Å². The van der Waals surface area contributed by atoms with Gasteiger partial charge in [-0.2, -0.15) is 0 Å². The van der Waals surface area contributed by atoms with Crippen molar-refractivity contribution in [3.05, 3.63) is 65.2 Å². The quantitative estimate of drug-likeness (QED) is 0.479. The van der Waals surface area contributed by atoms with E-state index in [9.17, 15) is 9.59 Å². The minimum Gasteiger partial charge on any atom is -0.351 e. The lowest BCUT2D eigenvalue weighted by Gasteiger charge is -2.03. The SMILES string of the molecule is O=C(Cc1ccccc1)NC/C=N\OC(=O)Nc1ccc(Cl)cc1. The Morgan fingerprint density at radius 1 is 1.08 bits per heavy atom. The number of carbonyl (C=O) groups is 2. The van der Waals surface area contributed by atoms with E-state index in [4.69, 9.17) is 11.6 Å². The van der Waals surface area contributed by atoms with Crippen molar-refractivity contribution in [1.29, 1.82) is 0 Å². The molecule has 0 fully saturated rings. The maximum absolute atomic E-state index is 11.7. The Bertz CT molecular complexity index is 703. The zero-order chi connectivity index (χ0) is 17.2. The maximum atomic E-state index is 11.7. The zero-order valence-corrected chi connectivity index (χ0v) is 13.5. The maximum Gasteiger partial charge on any atom is 0.437 e. The fraction of sp³-hybridized carbons (Fsp3) is 0.118. The molecule has 0 aliphatic rings. The van der Waals surface area contributed by atoms with Crippen LogP contribution in [0, 0.1) is 0 Å². The Hall–Kier alpha value is -2.86. The van der Waals surface area contributed by atoms with Gasteiger partial charge in [0.25, 0.3) is 0 Å². The molecule has 0 saturated heterocycles. The highest BCUT2D eigenvalue weighted by Crippen LogP contribution is 2.13. The molecule has 7 heteroatoms. The summed E-state index contributed by atoms with van der Waals surface area (Å²) in [5.41, 5.74) is 1.46. The number of halogens is 1. The highest BCUT2D eigenvalue weighted by Gasteiger charge is 2.03. The van der Waals surface area contributed by atoms with Gasteiger partial charge < -0.3 is 5.32 Å². The minimum atomic E-state index is -0.732. The van der Waals surface area contributed by atoms with Crippen molar-refractivity contribution in [2.75, 3.05) is 11.9 Å². The molecule has 124 valence electrons. The summed E-state index contributed by atoms with van der Waals surface area (Å²) >= 11 is 5.74. The molecule has 0 atom stereocenters. The van der Waals surface area contributed by atoms with Crippen LogP contribution < -0.4 is 10.6 Å². The molecule has 2 rings (SSSR count). The molecule has 0 spiro atoms. The fourth-order valence-electron chi connectivity index (χ4n) is 1.80. The first-order chi connectivity index (χ1) is 11.6. The first-order valence-corrected chi connectivity index (χ1v) is 7.57. The van der Waals surface area contributed by atoms with Crippen molar-refractivity contribution < 1.29 is 14.4 Å².